The molecule has 6 heteroatoms. The van der Waals surface area contributed by atoms with Gasteiger partial charge in [-0.1, -0.05) is 20.8 Å². The highest BCUT2D eigenvalue weighted by atomic mass is 19.4. The summed E-state index contributed by atoms with van der Waals surface area (Å²) >= 11 is 0. The van der Waals surface area contributed by atoms with Gasteiger partial charge in [-0.2, -0.15) is 13.2 Å². The van der Waals surface area contributed by atoms with Gasteiger partial charge in [0, 0.05) is 12.0 Å². The van der Waals surface area contributed by atoms with Crippen molar-refractivity contribution in [2.24, 2.45) is 11.1 Å². The van der Waals surface area contributed by atoms with Crippen molar-refractivity contribution in [1.29, 1.82) is 0 Å². The molecule has 0 saturated carbocycles. The molecule has 84 valence electrons. The number of rotatable bonds is 2. The van der Waals surface area contributed by atoms with Crippen LogP contribution in [-0.2, 0) is 4.79 Å². The van der Waals surface area contributed by atoms with Gasteiger partial charge in [-0.05, 0) is 0 Å². The predicted octanol–water partition coefficient (Wildman–Crippen LogP) is 1.04. The van der Waals surface area contributed by atoms with Gasteiger partial charge in [0.05, 0.1) is 0 Å². The van der Waals surface area contributed by atoms with Crippen LogP contribution in [0.15, 0.2) is 0 Å². The lowest BCUT2D eigenvalue weighted by Gasteiger charge is -2.21. The van der Waals surface area contributed by atoms with Crippen LogP contribution in [0.25, 0.3) is 0 Å². The normalized spacial score (nSPS) is 15.1. The summed E-state index contributed by atoms with van der Waals surface area (Å²) in [7, 11) is 0. The first-order valence-corrected chi connectivity index (χ1v) is 4.15. The first kappa shape index (κ1) is 13.2. The van der Waals surface area contributed by atoms with E-state index < -0.39 is 30.1 Å². The first-order valence-electron chi connectivity index (χ1n) is 4.15. The van der Waals surface area contributed by atoms with E-state index in [4.69, 9.17) is 5.73 Å². The molecule has 3 nitrogen and oxygen atoms in total. The van der Waals surface area contributed by atoms with E-state index in [2.05, 4.69) is 5.32 Å². The summed E-state index contributed by atoms with van der Waals surface area (Å²) in [6.07, 6.45) is -4.47. The van der Waals surface area contributed by atoms with E-state index in [1.807, 2.05) is 0 Å². The van der Waals surface area contributed by atoms with Crippen molar-refractivity contribution in [3.8, 4) is 0 Å². The maximum Gasteiger partial charge on any atom is 0.405 e. The van der Waals surface area contributed by atoms with E-state index in [0.29, 0.717) is 0 Å². The Morgan fingerprint density at radius 2 is 1.79 bits per heavy atom. The zero-order valence-corrected chi connectivity index (χ0v) is 8.40. The molecule has 0 rings (SSSR count). The van der Waals surface area contributed by atoms with Crippen molar-refractivity contribution in [3.05, 3.63) is 0 Å². The minimum absolute atomic E-state index is 0.447. The second kappa shape index (κ2) is 4.16. The summed E-state index contributed by atoms with van der Waals surface area (Å²) in [5.41, 5.74) is 4.10. The molecule has 0 bridgehead atoms. The van der Waals surface area contributed by atoms with Gasteiger partial charge >= 0.3 is 6.18 Å². The molecule has 3 N–H and O–H groups in total. The molecule has 0 aromatic carbocycles. The fourth-order valence-corrected chi connectivity index (χ4v) is 0.584. The second-order valence-corrected chi connectivity index (χ2v) is 4.11. The van der Waals surface area contributed by atoms with Gasteiger partial charge in [0.2, 0.25) is 5.91 Å². The van der Waals surface area contributed by atoms with Gasteiger partial charge in [-0.3, -0.25) is 4.79 Å². The second-order valence-electron chi connectivity index (χ2n) is 4.11. The molecule has 0 heterocycles. The first-order chi connectivity index (χ1) is 6.05. The topological polar surface area (TPSA) is 55.1 Å². The quantitative estimate of drug-likeness (QED) is 0.718. The number of halogens is 3. The number of carbonyl (C=O) groups is 1. The van der Waals surface area contributed by atoms with Crippen molar-refractivity contribution in [1.82, 2.24) is 5.32 Å². The SMILES string of the molecule is CC(C)(C)C(=O)NCC(N)C(F)(F)F. The van der Waals surface area contributed by atoms with E-state index >= 15 is 0 Å². The average Bonchev–Trinajstić information content (AvgIpc) is 1.95. The van der Waals surface area contributed by atoms with E-state index in [1.165, 1.54) is 0 Å². The van der Waals surface area contributed by atoms with E-state index in [-0.39, 0.29) is 0 Å². The number of amides is 1. The summed E-state index contributed by atoms with van der Waals surface area (Å²) in [5, 5.41) is 2.14. The van der Waals surface area contributed by atoms with E-state index in [1.54, 1.807) is 20.8 Å². The third kappa shape index (κ3) is 4.45. The van der Waals surface area contributed by atoms with Crippen molar-refractivity contribution in [2.45, 2.75) is 33.0 Å². The molecule has 0 aliphatic carbocycles. The maximum absolute atomic E-state index is 11.9. The molecule has 0 aliphatic rings. The third-order valence-corrected chi connectivity index (χ3v) is 1.58. The van der Waals surface area contributed by atoms with Gasteiger partial charge in [0.1, 0.15) is 6.04 Å². The lowest BCUT2D eigenvalue weighted by molar-refractivity contribution is -0.148. The van der Waals surface area contributed by atoms with Crippen LogP contribution in [0.2, 0.25) is 0 Å². The Kier molecular flexibility index (Phi) is 3.93. The lowest BCUT2D eigenvalue weighted by Crippen LogP contribution is -2.48. The zero-order chi connectivity index (χ0) is 11.6. The van der Waals surface area contributed by atoms with E-state index in [0.717, 1.165) is 0 Å². The Morgan fingerprint density at radius 3 is 2.07 bits per heavy atom. The number of carbonyl (C=O) groups excluding carboxylic acids is 1. The van der Waals surface area contributed by atoms with Gasteiger partial charge in [0.15, 0.2) is 0 Å². The Balaban J connectivity index is 4.03. The molecule has 1 unspecified atom stereocenters. The van der Waals surface area contributed by atoms with Crippen LogP contribution in [0.1, 0.15) is 20.8 Å². The Morgan fingerprint density at radius 1 is 1.36 bits per heavy atom. The van der Waals surface area contributed by atoms with Crippen molar-refractivity contribution in [2.75, 3.05) is 6.54 Å². The van der Waals surface area contributed by atoms with Crippen molar-refractivity contribution in [3.63, 3.8) is 0 Å². The zero-order valence-electron chi connectivity index (χ0n) is 8.40. The molecular formula is C8H15F3N2O. The summed E-state index contributed by atoms with van der Waals surface area (Å²) in [6, 6.07) is -2.01. The molecule has 1 amide bonds. The summed E-state index contributed by atoms with van der Waals surface area (Å²) in [6.45, 7) is 4.25. The molecule has 0 aliphatic heterocycles. The maximum atomic E-state index is 11.9. The van der Waals surface area contributed by atoms with Crippen LogP contribution < -0.4 is 11.1 Å². The summed E-state index contributed by atoms with van der Waals surface area (Å²) in [5.74, 6) is -0.447. The minimum atomic E-state index is -4.47. The molecular weight excluding hydrogens is 197 g/mol. The number of hydrogen-bond acceptors (Lipinski definition) is 2. The van der Waals surface area contributed by atoms with Crippen LogP contribution in [0.5, 0.6) is 0 Å². The molecule has 0 radical (unpaired) electrons. The van der Waals surface area contributed by atoms with Crippen LogP contribution in [0.3, 0.4) is 0 Å². The molecule has 0 aromatic heterocycles. The highest BCUT2D eigenvalue weighted by Crippen LogP contribution is 2.18. The van der Waals surface area contributed by atoms with Crippen LogP contribution in [0.4, 0.5) is 13.2 Å². The number of hydrogen-bond donors (Lipinski definition) is 2. The van der Waals surface area contributed by atoms with Gasteiger partial charge in [-0.15, -0.1) is 0 Å². The minimum Gasteiger partial charge on any atom is -0.354 e. The van der Waals surface area contributed by atoms with Gasteiger partial charge in [-0.25, -0.2) is 0 Å². The molecule has 0 spiro atoms. The van der Waals surface area contributed by atoms with Gasteiger partial charge in [0.25, 0.3) is 0 Å². The molecule has 0 saturated heterocycles. The average molecular weight is 212 g/mol. The fourth-order valence-electron chi connectivity index (χ4n) is 0.584. The van der Waals surface area contributed by atoms with Crippen LogP contribution in [0, 0.1) is 5.41 Å². The van der Waals surface area contributed by atoms with Crippen molar-refractivity contribution < 1.29 is 18.0 Å². The van der Waals surface area contributed by atoms with Crippen LogP contribution in [-0.4, -0.2) is 24.7 Å². The Bertz CT molecular complexity index is 208. The molecule has 0 fully saturated rings. The molecule has 1 atom stereocenters. The van der Waals surface area contributed by atoms with Crippen molar-refractivity contribution >= 4 is 5.91 Å². The smallest absolute Gasteiger partial charge is 0.354 e. The molecule has 0 aromatic rings. The number of nitrogens with one attached hydrogen (secondary N) is 1. The van der Waals surface area contributed by atoms with Gasteiger partial charge < -0.3 is 11.1 Å². The Labute approximate surface area is 80.8 Å². The van der Waals surface area contributed by atoms with Crippen LogP contribution >= 0.6 is 0 Å². The number of nitrogens with two attached hydrogens (primary N) is 1. The predicted molar refractivity (Wildman–Crippen MR) is 46.5 cm³/mol. The highest BCUT2D eigenvalue weighted by Gasteiger charge is 2.37. The largest absolute Gasteiger partial charge is 0.405 e. The molecule has 14 heavy (non-hydrogen) atoms. The monoisotopic (exact) mass is 212 g/mol. The lowest BCUT2D eigenvalue weighted by atomic mass is 9.95. The standard InChI is InChI=1S/C8H15F3N2O/c1-7(2,3)6(14)13-4-5(12)8(9,10)11/h5H,4,12H2,1-3H3,(H,13,14). The fraction of sp³-hybridized carbons (Fsp3) is 0.875. The summed E-state index contributed by atoms with van der Waals surface area (Å²) < 4.78 is 35.8. The third-order valence-electron chi connectivity index (χ3n) is 1.58. The summed E-state index contributed by atoms with van der Waals surface area (Å²) in [4.78, 5) is 11.2. The Hall–Kier alpha value is -0.780. The number of alkyl halides is 3. The highest BCUT2D eigenvalue weighted by molar-refractivity contribution is 5.81. The van der Waals surface area contributed by atoms with E-state index in [9.17, 15) is 18.0 Å².